The minimum atomic E-state index is -0.361. The molecule has 2 N–H and O–H groups in total. The number of rotatable bonds is 5. The van der Waals surface area contributed by atoms with Crippen LogP contribution >= 0.6 is 0 Å². The summed E-state index contributed by atoms with van der Waals surface area (Å²) in [5.41, 5.74) is 5.91. The number of carbonyl (C=O) groups is 1. The van der Waals surface area contributed by atoms with Crippen molar-refractivity contribution in [2.24, 2.45) is 5.73 Å². The quantitative estimate of drug-likeness (QED) is 0.713. The Morgan fingerprint density at radius 2 is 2.21 bits per heavy atom. The second-order valence-corrected chi connectivity index (χ2v) is 2.85. The van der Waals surface area contributed by atoms with Gasteiger partial charge < -0.3 is 10.5 Å². The predicted octanol–water partition coefficient (Wildman–Crippen LogP) is 1.28. The van der Waals surface area contributed by atoms with Gasteiger partial charge in [0.2, 0.25) is 5.91 Å². The van der Waals surface area contributed by atoms with Gasteiger partial charge in [-0.05, 0) is 6.07 Å². The third-order valence-corrected chi connectivity index (χ3v) is 1.69. The van der Waals surface area contributed by atoms with E-state index in [2.05, 4.69) is 6.58 Å². The van der Waals surface area contributed by atoms with Crippen molar-refractivity contribution in [3.05, 3.63) is 42.5 Å². The van der Waals surface area contributed by atoms with Crippen molar-refractivity contribution in [1.82, 2.24) is 0 Å². The van der Waals surface area contributed by atoms with Gasteiger partial charge in [0.1, 0.15) is 12.4 Å². The summed E-state index contributed by atoms with van der Waals surface area (Å²) in [6.45, 7) is 3.98. The Morgan fingerprint density at radius 1 is 1.50 bits per heavy atom. The number of ether oxygens (including phenoxy) is 1. The van der Waals surface area contributed by atoms with Crippen LogP contribution in [0.25, 0.3) is 0 Å². The molecule has 0 fully saturated rings. The lowest BCUT2D eigenvalue weighted by Gasteiger charge is -2.07. The zero-order valence-electron chi connectivity index (χ0n) is 7.90. The molecule has 14 heavy (non-hydrogen) atoms. The van der Waals surface area contributed by atoms with Crippen molar-refractivity contribution < 1.29 is 9.53 Å². The summed E-state index contributed by atoms with van der Waals surface area (Å²) in [6, 6.07) is 7.33. The molecule has 3 nitrogen and oxygen atoms in total. The lowest BCUT2D eigenvalue weighted by atomic mass is 10.1. The molecule has 0 bridgehead atoms. The van der Waals surface area contributed by atoms with Gasteiger partial charge in [-0.15, -0.1) is 0 Å². The van der Waals surface area contributed by atoms with Crippen LogP contribution < -0.4 is 10.5 Å². The molecule has 0 saturated heterocycles. The van der Waals surface area contributed by atoms with Crippen LogP contribution in [0, 0.1) is 0 Å². The highest BCUT2D eigenvalue weighted by atomic mass is 16.5. The Labute approximate surface area is 83.2 Å². The summed E-state index contributed by atoms with van der Waals surface area (Å²) in [7, 11) is 0. The van der Waals surface area contributed by atoms with E-state index in [1.165, 1.54) is 0 Å². The summed E-state index contributed by atoms with van der Waals surface area (Å²) >= 11 is 0. The van der Waals surface area contributed by atoms with Gasteiger partial charge in [0.25, 0.3) is 0 Å². The third-order valence-electron chi connectivity index (χ3n) is 1.69. The summed E-state index contributed by atoms with van der Waals surface area (Å²) < 4.78 is 5.36. The van der Waals surface area contributed by atoms with E-state index in [9.17, 15) is 4.79 Å². The first-order valence-corrected chi connectivity index (χ1v) is 4.34. The van der Waals surface area contributed by atoms with E-state index in [0.29, 0.717) is 12.4 Å². The molecule has 0 atom stereocenters. The van der Waals surface area contributed by atoms with Gasteiger partial charge in [-0.25, -0.2) is 0 Å². The van der Waals surface area contributed by atoms with Crippen LogP contribution in [0.15, 0.2) is 36.9 Å². The number of benzene rings is 1. The van der Waals surface area contributed by atoms with Crippen LogP contribution in [0.2, 0.25) is 0 Å². The molecule has 0 spiro atoms. The fourth-order valence-electron chi connectivity index (χ4n) is 1.13. The van der Waals surface area contributed by atoms with Crippen LogP contribution in [0.5, 0.6) is 5.75 Å². The van der Waals surface area contributed by atoms with E-state index < -0.39 is 0 Å². The average Bonchev–Trinajstić information content (AvgIpc) is 2.16. The molecule has 0 heterocycles. The summed E-state index contributed by atoms with van der Waals surface area (Å²) in [5.74, 6) is 0.325. The van der Waals surface area contributed by atoms with Crippen molar-refractivity contribution in [2.45, 2.75) is 6.42 Å². The lowest BCUT2D eigenvalue weighted by molar-refractivity contribution is -0.117. The standard InChI is InChI=1S/C11H13NO2/c1-2-7-14-10-6-4-3-5-9(10)8-11(12)13/h2-6H,1,7-8H2,(H2,12,13). The van der Waals surface area contributed by atoms with Gasteiger partial charge in [-0.2, -0.15) is 0 Å². The molecule has 3 heteroatoms. The van der Waals surface area contributed by atoms with Crippen LogP contribution in [-0.4, -0.2) is 12.5 Å². The summed E-state index contributed by atoms with van der Waals surface area (Å²) in [4.78, 5) is 10.7. The number of para-hydroxylation sites is 1. The Morgan fingerprint density at radius 3 is 2.86 bits per heavy atom. The number of nitrogens with two attached hydrogens (primary N) is 1. The molecular formula is C11H13NO2. The van der Waals surface area contributed by atoms with Crippen LogP contribution in [-0.2, 0) is 11.2 Å². The van der Waals surface area contributed by atoms with Gasteiger partial charge in [-0.3, -0.25) is 4.79 Å². The molecule has 1 rings (SSSR count). The van der Waals surface area contributed by atoms with Crippen molar-refractivity contribution >= 4 is 5.91 Å². The second kappa shape index (κ2) is 5.07. The van der Waals surface area contributed by atoms with E-state index in [1.807, 2.05) is 24.3 Å². The van der Waals surface area contributed by atoms with E-state index in [4.69, 9.17) is 10.5 Å². The van der Waals surface area contributed by atoms with E-state index in [-0.39, 0.29) is 12.3 Å². The normalized spacial score (nSPS) is 9.43. The van der Waals surface area contributed by atoms with Crippen LogP contribution in [0.3, 0.4) is 0 Å². The van der Waals surface area contributed by atoms with Gasteiger partial charge in [0, 0.05) is 5.56 Å². The molecule has 0 aliphatic carbocycles. The SMILES string of the molecule is C=CCOc1ccccc1CC(N)=O. The van der Waals surface area contributed by atoms with Gasteiger partial charge in [0.05, 0.1) is 6.42 Å². The molecule has 1 aromatic rings. The van der Waals surface area contributed by atoms with Crippen molar-refractivity contribution in [2.75, 3.05) is 6.61 Å². The minimum absolute atomic E-state index is 0.202. The smallest absolute Gasteiger partial charge is 0.221 e. The molecule has 0 aliphatic rings. The van der Waals surface area contributed by atoms with E-state index >= 15 is 0 Å². The summed E-state index contributed by atoms with van der Waals surface area (Å²) in [6.07, 6.45) is 1.86. The maximum atomic E-state index is 10.7. The van der Waals surface area contributed by atoms with Crippen LogP contribution in [0.1, 0.15) is 5.56 Å². The highest BCUT2D eigenvalue weighted by Gasteiger charge is 2.04. The monoisotopic (exact) mass is 191 g/mol. The topological polar surface area (TPSA) is 52.3 Å². The highest BCUT2D eigenvalue weighted by Crippen LogP contribution is 2.18. The van der Waals surface area contributed by atoms with Crippen LogP contribution in [0.4, 0.5) is 0 Å². The third kappa shape index (κ3) is 2.94. The Hall–Kier alpha value is -1.77. The van der Waals surface area contributed by atoms with Gasteiger partial charge in [0.15, 0.2) is 0 Å². The molecule has 0 saturated carbocycles. The molecular weight excluding hydrogens is 178 g/mol. The first kappa shape index (κ1) is 10.3. The predicted molar refractivity (Wildman–Crippen MR) is 55.0 cm³/mol. The number of hydrogen-bond acceptors (Lipinski definition) is 2. The zero-order chi connectivity index (χ0) is 10.4. The minimum Gasteiger partial charge on any atom is -0.489 e. The maximum absolute atomic E-state index is 10.7. The fourth-order valence-corrected chi connectivity index (χ4v) is 1.13. The first-order valence-electron chi connectivity index (χ1n) is 4.34. The fraction of sp³-hybridized carbons (Fsp3) is 0.182. The van der Waals surface area contributed by atoms with E-state index in [0.717, 1.165) is 5.56 Å². The Kier molecular flexibility index (Phi) is 3.73. The number of amides is 1. The average molecular weight is 191 g/mol. The van der Waals surface area contributed by atoms with E-state index in [1.54, 1.807) is 6.08 Å². The molecule has 0 aliphatic heterocycles. The number of hydrogen-bond donors (Lipinski definition) is 1. The second-order valence-electron chi connectivity index (χ2n) is 2.85. The highest BCUT2D eigenvalue weighted by molar-refractivity contribution is 5.77. The van der Waals surface area contributed by atoms with Gasteiger partial charge >= 0.3 is 0 Å². The Bertz CT molecular complexity index is 334. The zero-order valence-corrected chi connectivity index (χ0v) is 7.90. The van der Waals surface area contributed by atoms with Crippen molar-refractivity contribution in [3.8, 4) is 5.75 Å². The maximum Gasteiger partial charge on any atom is 0.221 e. The number of primary amides is 1. The Balaban J connectivity index is 2.79. The largest absolute Gasteiger partial charge is 0.489 e. The van der Waals surface area contributed by atoms with Crippen molar-refractivity contribution in [1.29, 1.82) is 0 Å². The van der Waals surface area contributed by atoms with Crippen molar-refractivity contribution in [3.63, 3.8) is 0 Å². The molecule has 1 aromatic carbocycles. The first-order chi connectivity index (χ1) is 6.74. The molecule has 1 amide bonds. The summed E-state index contributed by atoms with van der Waals surface area (Å²) in [5, 5.41) is 0. The molecule has 74 valence electrons. The lowest BCUT2D eigenvalue weighted by Crippen LogP contribution is -2.14. The molecule has 0 aromatic heterocycles. The number of carbonyl (C=O) groups excluding carboxylic acids is 1. The van der Waals surface area contributed by atoms with Gasteiger partial charge in [-0.1, -0.05) is 30.9 Å². The molecule has 0 unspecified atom stereocenters. The molecule has 0 radical (unpaired) electrons.